The number of halogens is 1. The highest BCUT2D eigenvalue weighted by Crippen LogP contribution is 2.14. The summed E-state index contributed by atoms with van der Waals surface area (Å²) in [5.74, 6) is -0.125. The molecule has 2 N–H and O–H groups in total. The normalized spacial score (nSPS) is 17.5. The number of aromatic amines is 1. The maximum Gasteiger partial charge on any atom is 0.257 e. The summed E-state index contributed by atoms with van der Waals surface area (Å²) in [6, 6.07) is 7.40. The minimum Gasteiger partial charge on any atom is -0.355 e. The van der Waals surface area contributed by atoms with Crippen molar-refractivity contribution >= 4 is 23.4 Å². The molecule has 150 valence electrons. The molecule has 28 heavy (non-hydrogen) atoms. The number of carbonyl (C=O) groups excluding carboxylic acids is 2. The van der Waals surface area contributed by atoms with E-state index in [0.717, 1.165) is 23.6 Å². The van der Waals surface area contributed by atoms with Gasteiger partial charge in [0.05, 0.1) is 11.8 Å². The predicted octanol–water partition coefficient (Wildman–Crippen LogP) is 1.88. The molecule has 1 aromatic carbocycles. The Hall–Kier alpha value is -2.38. The number of aromatic nitrogens is 2. The zero-order valence-corrected chi connectivity index (χ0v) is 17.0. The molecule has 0 bridgehead atoms. The fourth-order valence-electron chi connectivity index (χ4n) is 3.35. The van der Waals surface area contributed by atoms with Crippen molar-refractivity contribution in [1.82, 2.24) is 25.3 Å². The van der Waals surface area contributed by atoms with E-state index in [-0.39, 0.29) is 17.9 Å². The Morgan fingerprint density at radius 1 is 1.29 bits per heavy atom. The first-order chi connectivity index (χ1) is 13.5. The molecule has 8 heteroatoms. The van der Waals surface area contributed by atoms with Gasteiger partial charge in [-0.05, 0) is 44.5 Å². The first-order valence-electron chi connectivity index (χ1n) is 9.47. The van der Waals surface area contributed by atoms with Crippen LogP contribution in [0.15, 0.2) is 30.5 Å². The summed E-state index contributed by atoms with van der Waals surface area (Å²) in [6.07, 6.45) is 3.27. The summed E-state index contributed by atoms with van der Waals surface area (Å²) in [6.45, 7) is 4.05. The lowest BCUT2D eigenvalue weighted by molar-refractivity contribution is -0.127. The minimum atomic E-state index is -0.347. The van der Waals surface area contributed by atoms with Crippen LogP contribution in [-0.2, 0) is 11.2 Å². The third-order valence-corrected chi connectivity index (χ3v) is 5.40. The molecule has 1 atom stereocenters. The number of nitrogens with one attached hydrogen (secondary N) is 2. The number of rotatable bonds is 6. The lowest BCUT2D eigenvalue weighted by Crippen LogP contribution is -2.58. The molecule has 3 rings (SSSR count). The van der Waals surface area contributed by atoms with Crippen molar-refractivity contribution in [2.75, 3.05) is 33.2 Å². The van der Waals surface area contributed by atoms with E-state index < -0.39 is 0 Å². The van der Waals surface area contributed by atoms with Gasteiger partial charge in [-0.2, -0.15) is 5.10 Å². The molecule has 0 saturated carbocycles. The molecule has 0 spiro atoms. The van der Waals surface area contributed by atoms with Crippen molar-refractivity contribution in [3.8, 4) is 0 Å². The Balaban J connectivity index is 1.49. The van der Waals surface area contributed by atoms with Gasteiger partial charge in [-0.25, -0.2) is 0 Å². The highest BCUT2D eigenvalue weighted by molar-refractivity contribution is 6.30. The number of likely N-dealkylation sites (N-methyl/N-ethyl adjacent to an activating group) is 1. The fraction of sp³-hybridized carbons (Fsp3) is 0.450. The second-order valence-electron chi connectivity index (χ2n) is 7.18. The van der Waals surface area contributed by atoms with E-state index in [2.05, 4.69) is 15.5 Å². The smallest absolute Gasteiger partial charge is 0.257 e. The van der Waals surface area contributed by atoms with Crippen molar-refractivity contribution in [2.45, 2.75) is 25.8 Å². The van der Waals surface area contributed by atoms with Gasteiger partial charge in [0.15, 0.2) is 0 Å². The van der Waals surface area contributed by atoms with E-state index in [0.29, 0.717) is 31.7 Å². The van der Waals surface area contributed by atoms with Crippen LogP contribution in [-0.4, -0.2) is 71.1 Å². The Kier molecular flexibility index (Phi) is 6.70. The number of nitrogens with zero attached hydrogens (tertiary/aromatic N) is 3. The Bertz CT molecular complexity index is 820. The minimum absolute atomic E-state index is 0.0416. The second kappa shape index (κ2) is 9.21. The zero-order valence-electron chi connectivity index (χ0n) is 16.2. The van der Waals surface area contributed by atoms with Crippen LogP contribution in [0.25, 0.3) is 0 Å². The number of hydrogen-bond acceptors (Lipinski definition) is 4. The molecule has 1 aliphatic heterocycles. The molecule has 0 radical (unpaired) electrons. The third-order valence-electron chi connectivity index (χ3n) is 5.15. The molecule has 1 aliphatic rings. The highest BCUT2D eigenvalue weighted by Gasteiger charge is 2.33. The van der Waals surface area contributed by atoms with Crippen molar-refractivity contribution in [2.24, 2.45) is 0 Å². The number of aryl methyl sites for hydroxylation is 2. The van der Waals surface area contributed by atoms with E-state index in [1.54, 1.807) is 11.1 Å². The van der Waals surface area contributed by atoms with E-state index in [9.17, 15) is 9.59 Å². The molecule has 1 aromatic heterocycles. The van der Waals surface area contributed by atoms with Crippen LogP contribution >= 0.6 is 11.6 Å². The molecular weight excluding hydrogens is 378 g/mol. The first-order valence-corrected chi connectivity index (χ1v) is 9.85. The van der Waals surface area contributed by atoms with E-state index in [1.807, 2.05) is 43.1 Å². The molecule has 2 aromatic rings. The Labute approximate surface area is 170 Å². The van der Waals surface area contributed by atoms with Gasteiger partial charge >= 0.3 is 0 Å². The van der Waals surface area contributed by atoms with Gasteiger partial charge < -0.3 is 10.2 Å². The summed E-state index contributed by atoms with van der Waals surface area (Å²) in [5.41, 5.74) is 2.50. The maximum absolute atomic E-state index is 12.7. The summed E-state index contributed by atoms with van der Waals surface area (Å²) in [5, 5.41) is 10.4. The van der Waals surface area contributed by atoms with E-state index >= 15 is 0 Å². The highest BCUT2D eigenvalue weighted by atomic mass is 35.5. The predicted molar refractivity (Wildman–Crippen MR) is 108 cm³/mol. The van der Waals surface area contributed by atoms with Crippen LogP contribution in [0.4, 0.5) is 0 Å². The fourth-order valence-corrected chi connectivity index (χ4v) is 3.48. The standard InChI is InChI=1S/C20H26ClN5O2/c1-14-17(12-23-24-14)20(28)26-11-10-25(2)18(13-26)19(27)22-9-3-4-15-5-7-16(21)8-6-15/h5-8,12,18H,3-4,9-11,13H2,1-2H3,(H,22,27)(H,23,24)/t18-/m1/s1. The molecule has 2 heterocycles. The van der Waals surface area contributed by atoms with Crippen molar-refractivity contribution in [3.05, 3.63) is 52.3 Å². The topological polar surface area (TPSA) is 81.3 Å². The first kappa shape index (κ1) is 20.4. The summed E-state index contributed by atoms with van der Waals surface area (Å²) in [4.78, 5) is 29.1. The number of amides is 2. The van der Waals surface area contributed by atoms with Crippen LogP contribution in [0.5, 0.6) is 0 Å². The average Bonchev–Trinajstić information content (AvgIpc) is 3.12. The monoisotopic (exact) mass is 403 g/mol. The van der Waals surface area contributed by atoms with Crippen molar-refractivity contribution in [3.63, 3.8) is 0 Å². The van der Waals surface area contributed by atoms with Gasteiger partial charge in [-0.15, -0.1) is 0 Å². The maximum atomic E-state index is 12.7. The third kappa shape index (κ3) is 4.91. The largest absolute Gasteiger partial charge is 0.355 e. The lowest BCUT2D eigenvalue weighted by atomic mass is 10.1. The number of carbonyl (C=O) groups is 2. The molecule has 1 fully saturated rings. The van der Waals surface area contributed by atoms with Crippen LogP contribution in [0.2, 0.25) is 5.02 Å². The molecule has 2 amide bonds. The summed E-state index contributed by atoms with van der Waals surface area (Å²) in [7, 11) is 1.92. The number of H-pyrrole nitrogens is 1. The van der Waals surface area contributed by atoms with Gasteiger partial charge in [0.2, 0.25) is 5.91 Å². The lowest BCUT2D eigenvalue weighted by Gasteiger charge is -2.38. The molecule has 0 unspecified atom stereocenters. The van der Waals surface area contributed by atoms with Gasteiger partial charge in [0.25, 0.3) is 5.91 Å². The number of piperazine rings is 1. The van der Waals surface area contributed by atoms with Gasteiger partial charge in [-0.1, -0.05) is 23.7 Å². The zero-order chi connectivity index (χ0) is 20.1. The van der Waals surface area contributed by atoms with Gasteiger partial charge in [0, 0.05) is 36.9 Å². The molecule has 1 saturated heterocycles. The Morgan fingerprint density at radius 2 is 2.04 bits per heavy atom. The number of hydrogen-bond donors (Lipinski definition) is 2. The van der Waals surface area contributed by atoms with Crippen LogP contribution in [0, 0.1) is 6.92 Å². The Morgan fingerprint density at radius 3 is 2.71 bits per heavy atom. The molecular formula is C20H26ClN5O2. The summed E-state index contributed by atoms with van der Waals surface area (Å²) < 4.78 is 0. The average molecular weight is 404 g/mol. The van der Waals surface area contributed by atoms with Crippen LogP contribution in [0.3, 0.4) is 0 Å². The quantitative estimate of drug-likeness (QED) is 0.721. The van der Waals surface area contributed by atoms with Crippen LogP contribution < -0.4 is 5.32 Å². The molecule has 7 nitrogen and oxygen atoms in total. The van der Waals surface area contributed by atoms with Crippen molar-refractivity contribution < 1.29 is 9.59 Å². The molecule has 0 aliphatic carbocycles. The van der Waals surface area contributed by atoms with E-state index in [1.165, 1.54) is 5.56 Å². The van der Waals surface area contributed by atoms with Crippen molar-refractivity contribution in [1.29, 1.82) is 0 Å². The second-order valence-corrected chi connectivity index (χ2v) is 7.61. The SMILES string of the molecule is Cc1[nH]ncc1C(=O)N1CCN(C)[C@@H](C(=O)NCCCc2ccc(Cl)cc2)C1. The van der Waals surface area contributed by atoms with E-state index in [4.69, 9.17) is 11.6 Å². The summed E-state index contributed by atoms with van der Waals surface area (Å²) >= 11 is 5.89. The number of benzene rings is 1. The van der Waals surface area contributed by atoms with Gasteiger partial charge in [-0.3, -0.25) is 19.6 Å². The van der Waals surface area contributed by atoms with Crippen LogP contribution in [0.1, 0.15) is 28.0 Å². The van der Waals surface area contributed by atoms with Gasteiger partial charge in [0.1, 0.15) is 6.04 Å².